The third-order valence-electron chi connectivity index (χ3n) is 17.7. The molecule has 554 valence electrons. The number of nitrogens with zero attached hydrogens (tertiary/aromatic N) is 15. The highest BCUT2D eigenvalue weighted by Gasteiger charge is 2.40. The molecule has 5 aromatic heterocycles. The van der Waals surface area contributed by atoms with Crippen molar-refractivity contribution in [2.45, 2.75) is 137 Å². The minimum absolute atomic E-state index is 0.156. The summed E-state index contributed by atoms with van der Waals surface area (Å²) in [6.45, 7) is 49.8. The molecular weight excluding hydrogens is 1290 g/mol. The molecule has 29 heteroatoms. The Kier molecular flexibility index (Phi) is 28.4. The number of piperazine rings is 5. The van der Waals surface area contributed by atoms with Gasteiger partial charge in [-0.25, -0.2) is 39.3 Å². The first-order valence-electron chi connectivity index (χ1n) is 34.7. The summed E-state index contributed by atoms with van der Waals surface area (Å²) in [5, 5.41) is 0.286. The molecule has 0 aliphatic carbocycles. The van der Waals surface area contributed by atoms with Crippen molar-refractivity contribution in [3.8, 4) is 0 Å². The fraction of sp³-hybridized carbons (Fsp3) is 0.606. The average molecular weight is 1410 g/mol. The Bertz CT molecular complexity index is 3320. The van der Waals surface area contributed by atoms with Crippen LogP contribution in [0, 0.1) is 5.95 Å². The fourth-order valence-electron chi connectivity index (χ4n) is 10.9. The molecule has 10 heterocycles. The molecule has 5 saturated heterocycles. The molecule has 0 radical (unpaired) electrons. The van der Waals surface area contributed by atoms with Crippen molar-refractivity contribution in [1.82, 2.24) is 49.4 Å². The van der Waals surface area contributed by atoms with Gasteiger partial charge in [0.15, 0.2) is 8.32 Å². The molecule has 0 atom stereocenters. The van der Waals surface area contributed by atoms with Gasteiger partial charge in [0.2, 0.25) is 5.95 Å². The summed E-state index contributed by atoms with van der Waals surface area (Å²) < 4.78 is 36.3. The molecule has 27 nitrogen and oxygen atoms in total. The van der Waals surface area contributed by atoms with E-state index in [0.29, 0.717) is 74.8 Å². The van der Waals surface area contributed by atoms with Crippen LogP contribution < -0.4 is 53.2 Å². The van der Waals surface area contributed by atoms with Gasteiger partial charge in [0.1, 0.15) is 45.9 Å². The standard InChI is InChI=1S/C17H32N4OSi.C16H26N4O2.C14H21FN4O2.C14H22N4O2.C10H16N4/c1-17(2,3)23(4,5)22-13-12-20-8-10-21(11-9-20)15-6-7-16(18)19-14-15;1-15(2,3)22-14(21)20-9-8-19(11-16(20,4)5)12-6-7-13(17)18-10-12;1-14(2,3)21-13(20)19-8-6-18(7-9-19)10-4-5-11(16)17-12(10)15;1-14(2,3)20-13(19)18-8-6-17(7-9-18)11-4-5-12(15)16-10-11;1-13-4-6-14(7-5-13)9-2-3-10(11)12-8-9/h6-7,14H,8-13H2,1-5H3,(H2,18,19);6-7,10H,8-9,11H2,1-5H3,(H2,17,18);4-5H,6-9H2,1-3H3,(H2,16,17);4-5,10H,6-9H2,1-3H3,(H2,15,16);2-3,8H,4-7H2,1H3,(H2,11,12). The number of ether oxygens (including phenoxy) is 3. The van der Waals surface area contributed by atoms with E-state index in [1.54, 1.807) is 51.4 Å². The number of hydrogen-bond donors (Lipinski definition) is 5. The van der Waals surface area contributed by atoms with Crippen LogP contribution in [0.25, 0.3) is 0 Å². The second-order valence-corrected chi connectivity index (χ2v) is 35.6. The van der Waals surface area contributed by atoms with Gasteiger partial charge < -0.3 is 86.5 Å². The van der Waals surface area contributed by atoms with E-state index >= 15 is 0 Å². The van der Waals surface area contributed by atoms with Crippen LogP contribution in [-0.4, -0.2) is 243 Å². The Morgan fingerprint density at radius 2 is 0.800 bits per heavy atom. The van der Waals surface area contributed by atoms with Crippen molar-refractivity contribution in [3.63, 3.8) is 0 Å². The van der Waals surface area contributed by atoms with E-state index in [1.807, 2.05) is 124 Å². The Hall–Kier alpha value is -8.41. The molecule has 5 aliphatic heterocycles. The molecule has 0 saturated carbocycles. The van der Waals surface area contributed by atoms with Crippen molar-refractivity contribution < 1.29 is 37.4 Å². The summed E-state index contributed by atoms with van der Waals surface area (Å²) in [6.07, 6.45) is 6.41. The van der Waals surface area contributed by atoms with Crippen LogP contribution in [0.3, 0.4) is 0 Å². The van der Waals surface area contributed by atoms with Crippen molar-refractivity contribution in [3.05, 3.63) is 91.4 Å². The number of carbonyl (C=O) groups is 3. The first-order chi connectivity index (χ1) is 46.6. The predicted molar refractivity (Wildman–Crippen MR) is 404 cm³/mol. The highest BCUT2D eigenvalue weighted by Crippen LogP contribution is 2.37. The molecule has 0 unspecified atom stereocenters. The van der Waals surface area contributed by atoms with Gasteiger partial charge in [-0.15, -0.1) is 0 Å². The van der Waals surface area contributed by atoms with Gasteiger partial charge in [0.25, 0.3) is 0 Å². The van der Waals surface area contributed by atoms with E-state index in [1.165, 1.54) is 5.69 Å². The lowest BCUT2D eigenvalue weighted by atomic mass is 9.99. The number of aromatic nitrogens is 5. The Morgan fingerprint density at radius 1 is 0.460 bits per heavy atom. The first-order valence-corrected chi connectivity index (χ1v) is 37.6. The lowest BCUT2D eigenvalue weighted by Crippen LogP contribution is -2.61. The number of hydrogen-bond acceptors (Lipinski definition) is 24. The van der Waals surface area contributed by atoms with Crippen LogP contribution in [0.5, 0.6) is 0 Å². The highest BCUT2D eigenvalue weighted by atomic mass is 28.4. The number of rotatable bonds is 9. The van der Waals surface area contributed by atoms with Gasteiger partial charge in [-0.1, -0.05) is 20.8 Å². The summed E-state index contributed by atoms with van der Waals surface area (Å²) in [6, 6.07) is 18.5. The van der Waals surface area contributed by atoms with Crippen LogP contribution in [-0.2, 0) is 18.6 Å². The number of pyridine rings is 5. The van der Waals surface area contributed by atoms with Crippen LogP contribution in [0.15, 0.2) is 85.5 Å². The maximum absolute atomic E-state index is 13.8. The third kappa shape index (κ3) is 26.3. The van der Waals surface area contributed by atoms with Crippen molar-refractivity contribution in [2.24, 2.45) is 0 Å². The molecule has 5 aliphatic rings. The average Bonchev–Trinajstić information content (AvgIpc) is 0.770. The second kappa shape index (κ2) is 35.3. The zero-order valence-corrected chi connectivity index (χ0v) is 63.8. The van der Waals surface area contributed by atoms with Gasteiger partial charge in [-0.05, 0) is 162 Å². The smallest absolute Gasteiger partial charge is 0.410 e. The fourth-order valence-corrected chi connectivity index (χ4v) is 12.0. The normalized spacial score (nSPS) is 17.2. The zero-order valence-electron chi connectivity index (χ0n) is 62.8. The summed E-state index contributed by atoms with van der Waals surface area (Å²) in [7, 11) is 0.533. The lowest BCUT2D eigenvalue weighted by molar-refractivity contribution is 0.000256. The topological polar surface area (TPSA) is 315 Å². The van der Waals surface area contributed by atoms with E-state index in [9.17, 15) is 18.8 Å². The molecule has 0 spiro atoms. The lowest BCUT2D eigenvalue weighted by Gasteiger charge is -2.47. The summed E-state index contributed by atoms with van der Waals surface area (Å²) in [4.78, 5) is 77.4. The Balaban J connectivity index is 0.000000198. The summed E-state index contributed by atoms with van der Waals surface area (Å²) in [5.41, 5.74) is 30.9. The molecule has 0 aromatic carbocycles. The number of carbonyl (C=O) groups excluding carboxylic acids is 3. The SMILES string of the molecule is CC(C)(C)OC(=O)N1CCN(c2ccc(N)nc2)CC1.CC(C)(C)OC(=O)N1CCN(c2ccc(N)nc2)CC1(C)C.CC(C)(C)OC(=O)N1CCN(c2ccc(N)nc2F)CC1.CC(C)(C)[Si](C)(C)OCCN1CCN(c2ccc(N)nc2)CC1.CN1CCN(c2ccc(N)nc2)CC1. The predicted octanol–water partition coefficient (Wildman–Crippen LogP) is 9.30. The molecule has 5 aromatic rings. The first kappa shape index (κ1) is 80.6. The number of nitrogen functional groups attached to an aromatic ring is 5. The van der Waals surface area contributed by atoms with Crippen molar-refractivity contribution in [2.75, 3.05) is 198 Å². The molecule has 3 amide bonds. The van der Waals surface area contributed by atoms with Crippen LogP contribution in [0.4, 0.5) is 76.3 Å². The van der Waals surface area contributed by atoms with Crippen LogP contribution in [0.1, 0.15) is 96.9 Å². The Labute approximate surface area is 594 Å². The molecule has 5 fully saturated rings. The number of nitrogens with two attached hydrogens (primary N) is 5. The molecular formula is C71H117FN20O7Si. The van der Waals surface area contributed by atoms with Gasteiger partial charge in [-0.3, -0.25) is 9.80 Å². The van der Waals surface area contributed by atoms with Gasteiger partial charge in [0.05, 0.1) is 58.8 Å². The summed E-state index contributed by atoms with van der Waals surface area (Å²) >= 11 is 0. The minimum atomic E-state index is -1.62. The maximum Gasteiger partial charge on any atom is 0.410 e. The van der Waals surface area contributed by atoms with Crippen LogP contribution >= 0.6 is 0 Å². The van der Waals surface area contributed by atoms with E-state index in [2.05, 4.69) is 101 Å². The maximum atomic E-state index is 13.8. The van der Waals surface area contributed by atoms with E-state index in [0.717, 1.165) is 109 Å². The van der Waals surface area contributed by atoms with Gasteiger partial charge in [-0.2, -0.15) is 4.39 Å². The van der Waals surface area contributed by atoms with E-state index in [4.69, 9.17) is 47.3 Å². The van der Waals surface area contributed by atoms with E-state index < -0.39 is 31.1 Å². The third-order valence-corrected chi connectivity index (χ3v) is 22.2. The van der Waals surface area contributed by atoms with Gasteiger partial charge in [0, 0.05) is 138 Å². The van der Waals surface area contributed by atoms with Crippen LogP contribution in [0.2, 0.25) is 18.1 Å². The van der Waals surface area contributed by atoms with Crippen molar-refractivity contribution >= 4 is 84.1 Å². The number of anilines is 10. The number of amides is 3. The molecule has 10 N–H and O–H groups in total. The zero-order chi connectivity index (χ0) is 74.0. The van der Waals surface area contributed by atoms with E-state index in [-0.39, 0.29) is 34.7 Å². The Morgan fingerprint density at radius 3 is 1.15 bits per heavy atom. The largest absolute Gasteiger partial charge is 0.444 e. The number of likely N-dealkylation sites (N-methyl/N-ethyl adjacent to an activating group) is 1. The summed E-state index contributed by atoms with van der Waals surface area (Å²) in [5.74, 6) is 1.76. The van der Waals surface area contributed by atoms with Gasteiger partial charge >= 0.3 is 18.3 Å². The minimum Gasteiger partial charge on any atom is -0.444 e. The second-order valence-electron chi connectivity index (χ2n) is 30.8. The number of halogens is 1. The quantitative estimate of drug-likeness (QED) is 0.0521. The molecule has 10 rings (SSSR count). The molecule has 0 bridgehead atoms. The highest BCUT2D eigenvalue weighted by molar-refractivity contribution is 6.74. The monoisotopic (exact) mass is 1410 g/mol. The molecule has 100 heavy (non-hydrogen) atoms. The van der Waals surface area contributed by atoms with Crippen molar-refractivity contribution in [1.29, 1.82) is 0 Å².